The van der Waals surface area contributed by atoms with E-state index in [9.17, 15) is 8.42 Å². The van der Waals surface area contributed by atoms with E-state index in [4.69, 9.17) is 18.0 Å². The lowest BCUT2D eigenvalue weighted by atomic mass is 10.4. The van der Waals surface area contributed by atoms with Gasteiger partial charge in [0, 0.05) is 6.26 Å². The van der Waals surface area contributed by atoms with Gasteiger partial charge in [-0.2, -0.15) is 0 Å². The molecule has 1 aromatic heterocycles. The number of hydrogen-bond acceptors (Lipinski definition) is 5. The fourth-order valence-corrected chi connectivity index (χ4v) is 2.60. The molecule has 0 aliphatic heterocycles. The molecule has 0 radical (unpaired) electrons. The molecule has 0 amide bonds. The van der Waals surface area contributed by atoms with Crippen LogP contribution in [-0.4, -0.2) is 35.2 Å². The predicted molar refractivity (Wildman–Crippen MR) is 56.2 cm³/mol. The molecule has 1 atom stereocenters. The Morgan fingerprint density at radius 2 is 2.29 bits per heavy atom. The predicted octanol–water partition coefficient (Wildman–Crippen LogP) is 0.128. The van der Waals surface area contributed by atoms with Crippen molar-refractivity contribution in [3.63, 3.8) is 0 Å². The highest BCUT2D eigenvalue weighted by Crippen LogP contribution is 2.12. The van der Waals surface area contributed by atoms with Gasteiger partial charge >= 0.3 is 0 Å². The quantitative estimate of drug-likeness (QED) is 0.727. The van der Waals surface area contributed by atoms with Crippen LogP contribution in [0.5, 0.6) is 0 Å². The average molecular weight is 236 g/mol. The summed E-state index contributed by atoms with van der Waals surface area (Å²) < 4.78 is 23.9. The van der Waals surface area contributed by atoms with Gasteiger partial charge in [-0.05, 0) is 19.1 Å². The maximum atomic E-state index is 11.0. The number of nitrogens with one attached hydrogen (secondary N) is 1. The first-order valence-corrected chi connectivity index (χ1v) is 6.38. The van der Waals surface area contributed by atoms with Gasteiger partial charge in [-0.15, -0.1) is 5.10 Å². The Kier molecular flexibility index (Phi) is 2.95. The van der Waals surface area contributed by atoms with Gasteiger partial charge < -0.3 is 5.73 Å². The molecule has 0 saturated heterocycles. The largest absolute Gasteiger partial charge is 0.368 e. The third-order valence-corrected chi connectivity index (χ3v) is 3.09. The van der Waals surface area contributed by atoms with Gasteiger partial charge in [0.2, 0.25) is 5.95 Å². The zero-order valence-electron chi connectivity index (χ0n) is 7.89. The molecule has 6 nitrogen and oxygen atoms in total. The third kappa shape index (κ3) is 2.55. The lowest BCUT2D eigenvalue weighted by Crippen LogP contribution is -2.18. The number of nitrogens with two attached hydrogens (primary N) is 1. The van der Waals surface area contributed by atoms with E-state index >= 15 is 0 Å². The molecule has 1 unspecified atom stereocenters. The van der Waals surface area contributed by atoms with Gasteiger partial charge in [-0.1, -0.05) is 0 Å². The molecule has 14 heavy (non-hydrogen) atoms. The molecular weight excluding hydrogens is 224 g/mol. The second kappa shape index (κ2) is 3.70. The van der Waals surface area contributed by atoms with Gasteiger partial charge in [0.05, 0.1) is 11.8 Å². The van der Waals surface area contributed by atoms with E-state index in [1.807, 2.05) is 0 Å². The highest BCUT2D eigenvalue weighted by Gasteiger charge is 2.15. The molecule has 0 bridgehead atoms. The Labute approximate surface area is 87.0 Å². The van der Waals surface area contributed by atoms with E-state index in [0.717, 1.165) is 0 Å². The maximum Gasteiger partial charge on any atom is 0.220 e. The molecule has 8 heteroatoms. The molecule has 0 saturated carbocycles. The number of anilines is 1. The zero-order valence-corrected chi connectivity index (χ0v) is 9.52. The highest BCUT2D eigenvalue weighted by molar-refractivity contribution is 7.90. The Morgan fingerprint density at radius 3 is 2.64 bits per heavy atom. The van der Waals surface area contributed by atoms with E-state index in [2.05, 4.69) is 10.2 Å². The van der Waals surface area contributed by atoms with Gasteiger partial charge in [0.15, 0.2) is 4.77 Å². The summed E-state index contributed by atoms with van der Waals surface area (Å²) in [5.41, 5.74) is 5.52. The third-order valence-electron chi connectivity index (χ3n) is 1.72. The van der Waals surface area contributed by atoms with Crippen molar-refractivity contribution in [2.75, 3.05) is 17.7 Å². The van der Waals surface area contributed by atoms with E-state index in [-0.39, 0.29) is 17.7 Å². The molecular formula is C6H12N4O2S2. The molecule has 0 fully saturated rings. The molecule has 80 valence electrons. The van der Waals surface area contributed by atoms with E-state index < -0.39 is 9.84 Å². The fourth-order valence-electron chi connectivity index (χ4n) is 1.26. The van der Waals surface area contributed by atoms with Crippen LogP contribution in [0.25, 0.3) is 0 Å². The van der Waals surface area contributed by atoms with Crippen LogP contribution < -0.4 is 5.73 Å². The molecule has 3 N–H and O–H groups in total. The first-order valence-electron chi connectivity index (χ1n) is 3.91. The summed E-state index contributed by atoms with van der Waals surface area (Å²) in [4.78, 5) is 0. The number of hydrogen-bond donors (Lipinski definition) is 2. The van der Waals surface area contributed by atoms with Crippen LogP contribution in [0.3, 0.4) is 0 Å². The molecule has 1 heterocycles. The first kappa shape index (κ1) is 11.2. The topological polar surface area (TPSA) is 93.8 Å². The minimum Gasteiger partial charge on any atom is -0.368 e. The van der Waals surface area contributed by atoms with Crippen molar-refractivity contribution in [2.24, 2.45) is 0 Å². The SMILES string of the molecule is CC(CS(C)(=O)=O)n1c(N)n[nH]c1=S. The van der Waals surface area contributed by atoms with Crippen molar-refractivity contribution in [1.82, 2.24) is 14.8 Å². The average Bonchev–Trinajstić information content (AvgIpc) is 2.27. The number of nitrogens with zero attached hydrogens (tertiary/aromatic N) is 2. The van der Waals surface area contributed by atoms with Crippen LogP contribution in [0.4, 0.5) is 5.95 Å². The monoisotopic (exact) mass is 236 g/mol. The number of aromatic amines is 1. The summed E-state index contributed by atoms with van der Waals surface area (Å²) in [6.45, 7) is 1.72. The Morgan fingerprint density at radius 1 is 1.71 bits per heavy atom. The van der Waals surface area contributed by atoms with Crippen molar-refractivity contribution in [3.8, 4) is 0 Å². The van der Waals surface area contributed by atoms with Crippen molar-refractivity contribution < 1.29 is 8.42 Å². The summed E-state index contributed by atoms with van der Waals surface area (Å²) in [5, 5.41) is 6.20. The summed E-state index contributed by atoms with van der Waals surface area (Å²) in [6.07, 6.45) is 1.17. The van der Waals surface area contributed by atoms with Crippen molar-refractivity contribution in [1.29, 1.82) is 0 Å². The van der Waals surface area contributed by atoms with Crippen LogP contribution in [-0.2, 0) is 9.84 Å². The Bertz CT molecular complexity index is 472. The van der Waals surface area contributed by atoms with Gasteiger partial charge in [0.1, 0.15) is 9.84 Å². The van der Waals surface area contributed by atoms with Crippen molar-refractivity contribution in [3.05, 3.63) is 4.77 Å². The molecule has 0 spiro atoms. The first-order chi connectivity index (χ1) is 6.31. The standard InChI is InChI=1S/C6H12N4O2S2/c1-4(3-14(2,11)12)10-5(7)8-9-6(10)13/h4H,3H2,1-2H3,(H2,7,8)(H,9,13). The minimum atomic E-state index is -3.05. The number of aromatic nitrogens is 3. The summed E-state index contributed by atoms with van der Waals surface area (Å²) >= 11 is 4.91. The number of sulfone groups is 1. The molecule has 1 aromatic rings. The summed E-state index contributed by atoms with van der Waals surface area (Å²) in [5.74, 6) is 0.191. The second-order valence-electron chi connectivity index (χ2n) is 3.20. The van der Waals surface area contributed by atoms with Crippen LogP contribution in [0.15, 0.2) is 0 Å². The van der Waals surface area contributed by atoms with Crippen molar-refractivity contribution in [2.45, 2.75) is 13.0 Å². The highest BCUT2D eigenvalue weighted by atomic mass is 32.2. The van der Waals surface area contributed by atoms with Crippen LogP contribution >= 0.6 is 12.2 Å². The fraction of sp³-hybridized carbons (Fsp3) is 0.667. The number of nitrogen functional groups attached to an aromatic ring is 1. The molecule has 0 aliphatic carbocycles. The van der Waals surface area contributed by atoms with Gasteiger partial charge in [-0.25, -0.2) is 13.5 Å². The molecule has 0 aromatic carbocycles. The molecule has 1 rings (SSSR count). The van der Waals surface area contributed by atoms with Crippen molar-refractivity contribution >= 4 is 28.0 Å². The van der Waals surface area contributed by atoms with Crippen LogP contribution in [0.2, 0.25) is 0 Å². The van der Waals surface area contributed by atoms with Gasteiger partial charge in [0.25, 0.3) is 0 Å². The van der Waals surface area contributed by atoms with Gasteiger partial charge in [-0.3, -0.25) is 4.57 Å². The van der Waals surface area contributed by atoms with Crippen LogP contribution in [0.1, 0.15) is 13.0 Å². The Hall–Kier alpha value is -0.890. The lowest BCUT2D eigenvalue weighted by Gasteiger charge is -2.11. The van der Waals surface area contributed by atoms with E-state index in [1.54, 1.807) is 6.92 Å². The second-order valence-corrected chi connectivity index (χ2v) is 5.77. The van der Waals surface area contributed by atoms with E-state index in [0.29, 0.717) is 4.77 Å². The smallest absolute Gasteiger partial charge is 0.220 e. The zero-order chi connectivity index (χ0) is 10.9. The summed E-state index contributed by atoms with van der Waals surface area (Å²) in [7, 11) is -3.05. The maximum absolute atomic E-state index is 11.0. The van der Waals surface area contributed by atoms with E-state index in [1.165, 1.54) is 10.8 Å². The normalized spacial score (nSPS) is 14.1. The number of rotatable bonds is 3. The Balaban J connectivity index is 3.01. The lowest BCUT2D eigenvalue weighted by molar-refractivity contribution is 0.561. The summed E-state index contributed by atoms with van der Waals surface area (Å²) in [6, 6.07) is -0.309. The molecule has 0 aliphatic rings. The van der Waals surface area contributed by atoms with Crippen LogP contribution in [0, 0.1) is 4.77 Å². The number of H-pyrrole nitrogens is 1. The minimum absolute atomic E-state index is 0.00889.